The van der Waals surface area contributed by atoms with E-state index in [9.17, 15) is 24.8 Å². The van der Waals surface area contributed by atoms with Gasteiger partial charge in [-0.05, 0) is 24.1 Å². The van der Waals surface area contributed by atoms with Crippen LogP contribution in [0.5, 0.6) is 5.75 Å². The SMILES string of the molecule is CCCCN1C(=O)C2Cc3c([nH]c4ccccc34)C(c3cc([N+](=O)[O-])ccc3O)N2C1=O. The van der Waals surface area contributed by atoms with Gasteiger partial charge >= 0.3 is 6.03 Å². The van der Waals surface area contributed by atoms with E-state index >= 15 is 0 Å². The van der Waals surface area contributed by atoms with Crippen molar-refractivity contribution in [3.05, 3.63) is 69.4 Å². The molecule has 0 spiro atoms. The van der Waals surface area contributed by atoms with Gasteiger partial charge in [0.25, 0.3) is 11.6 Å². The third-order valence-electron chi connectivity index (χ3n) is 6.39. The van der Waals surface area contributed by atoms with Crippen molar-refractivity contribution in [1.29, 1.82) is 0 Å². The molecular formula is C23H22N4O5. The van der Waals surface area contributed by atoms with Gasteiger partial charge in [0, 0.05) is 47.3 Å². The molecule has 2 aliphatic rings. The number of aromatic amines is 1. The first kappa shape index (κ1) is 20.0. The van der Waals surface area contributed by atoms with E-state index in [1.807, 2.05) is 31.2 Å². The highest BCUT2D eigenvalue weighted by atomic mass is 16.6. The van der Waals surface area contributed by atoms with Gasteiger partial charge < -0.3 is 10.1 Å². The maximum Gasteiger partial charge on any atom is 0.328 e. The largest absolute Gasteiger partial charge is 0.508 e. The molecule has 32 heavy (non-hydrogen) atoms. The zero-order valence-corrected chi connectivity index (χ0v) is 17.4. The molecule has 1 saturated heterocycles. The van der Waals surface area contributed by atoms with Crippen LogP contribution in [0.25, 0.3) is 10.9 Å². The van der Waals surface area contributed by atoms with Crippen LogP contribution in [0, 0.1) is 10.1 Å². The average Bonchev–Trinajstić information content (AvgIpc) is 3.26. The van der Waals surface area contributed by atoms with Crippen molar-refractivity contribution in [3.63, 3.8) is 0 Å². The standard InChI is InChI=1S/C23H22N4O5/c1-2-3-10-25-22(29)18-12-15-14-6-4-5-7-17(14)24-20(15)21(26(18)23(25)30)16-11-13(27(31)32)8-9-19(16)28/h4-9,11,18,21,24,28H,2-3,10,12H2,1H3. The first-order valence-electron chi connectivity index (χ1n) is 10.6. The number of unbranched alkanes of at least 4 members (excludes halogenated alkanes) is 1. The number of urea groups is 1. The lowest BCUT2D eigenvalue weighted by atomic mass is 9.88. The molecule has 2 atom stereocenters. The van der Waals surface area contributed by atoms with Crippen molar-refractivity contribution in [2.75, 3.05) is 6.54 Å². The van der Waals surface area contributed by atoms with Crippen molar-refractivity contribution in [2.45, 2.75) is 38.3 Å². The van der Waals surface area contributed by atoms with Crippen LogP contribution in [0.1, 0.15) is 42.6 Å². The van der Waals surface area contributed by atoms with Crippen LogP contribution >= 0.6 is 0 Å². The van der Waals surface area contributed by atoms with Gasteiger partial charge in [0.2, 0.25) is 0 Å². The predicted octanol–water partition coefficient (Wildman–Crippen LogP) is 3.86. The molecule has 3 heterocycles. The number of nitro groups is 1. The topological polar surface area (TPSA) is 120 Å². The Bertz CT molecular complexity index is 1270. The summed E-state index contributed by atoms with van der Waals surface area (Å²) in [6.45, 7) is 2.31. The van der Waals surface area contributed by atoms with Gasteiger partial charge in [0.1, 0.15) is 17.8 Å². The number of aromatic hydroxyl groups is 1. The predicted molar refractivity (Wildman–Crippen MR) is 116 cm³/mol. The Morgan fingerprint density at radius 2 is 2.00 bits per heavy atom. The number of carbonyl (C=O) groups is 2. The number of non-ortho nitro benzene ring substituents is 1. The molecule has 5 rings (SSSR count). The molecule has 3 aromatic rings. The highest BCUT2D eigenvalue weighted by Gasteiger charge is 2.52. The van der Waals surface area contributed by atoms with E-state index in [1.165, 1.54) is 28.0 Å². The normalized spacial score (nSPS) is 20.0. The molecule has 0 aliphatic carbocycles. The molecule has 2 aromatic carbocycles. The Kier molecular flexibility index (Phi) is 4.61. The van der Waals surface area contributed by atoms with E-state index in [0.717, 1.165) is 22.9 Å². The number of rotatable bonds is 5. The van der Waals surface area contributed by atoms with E-state index in [2.05, 4.69) is 4.98 Å². The smallest absolute Gasteiger partial charge is 0.328 e. The number of hydrogen-bond donors (Lipinski definition) is 2. The van der Waals surface area contributed by atoms with Crippen LogP contribution in [0.2, 0.25) is 0 Å². The highest BCUT2D eigenvalue weighted by Crippen LogP contribution is 2.46. The fourth-order valence-corrected chi connectivity index (χ4v) is 4.85. The van der Waals surface area contributed by atoms with Gasteiger partial charge in [-0.15, -0.1) is 0 Å². The average molecular weight is 434 g/mol. The lowest BCUT2D eigenvalue weighted by Crippen LogP contribution is -2.44. The van der Waals surface area contributed by atoms with Crippen LogP contribution in [0.15, 0.2) is 42.5 Å². The van der Waals surface area contributed by atoms with E-state index in [4.69, 9.17) is 0 Å². The summed E-state index contributed by atoms with van der Waals surface area (Å²) in [4.78, 5) is 43.6. The number of nitrogens with zero attached hydrogens (tertiary/aromatic N) is 3. The third kappa shape index (κ3) is 2.84. The first-order chi connectivity index (χ1) is 15.4. The summed E-state index contributed by atoms with van der Waals surface area (Å²) in [7, 11) is 0. The number of carbonyl (C=O) groups excluding carboxylic acids is 2. The van der Waals surface area contributed by atoms with Crippen molar-refractivity contribution in [3.8, 4) is 5.75 Å². The fourth-order valence-electron chi connectivity index (χ4n) is 4.85. The maximum absolute atomic E-state index is 13.4. The molecule has 2 unspecified atom stereocenters. The van der Waals surface area contributed by atoms with E-state index in [0.29, 0.717) is 25.1 Å². The second-order valence-corrected chi connectivity index (χ2v) is 8.22. The van der Waals surface area contributed by atoms with Crippen molar-refractivity contribution >= 4 is 28.5 Å². The van der Waals surface area contributed by atoms with Crippen LogP contribution in [0.3, 0.4) is 0 Å². The molecule has 1 aromatic heterocycles. The van der Waals surface area contributed by atoms with Crippen molar-refractivity contribution in [1.82, 2.24) is 14.8 Å². The minimum absolute atomic E-state index is 0.168. The Morgan fingerprint density at radius 1 is 1.22 bits per heavy atom. The van der Waals surface area contributed by atoms with Crippen molar-refractivity contribution in [2.24, 2.45) is 0 Å². The number of phenolic OH excluding ortho intramolecular Hbond substituents is 1. The van der Waals surface area contributed by atoms with Gasteiger partial charge in [0.15, 0.2) is 0 Å². The number of fused-ring (bicyclic) bond motifs is 4. The molecule has 2 N–H and O–H groups in total. The van der Waals surface area contributed by atoms with Gasteiger partial charge in [-0.1, -0.05) is 31.5 Å². The summed E-state index contributed by atoms with van der Waals surface area (Å²) in [6, 6.07) is 9.38. The number of phenols is 1. The number of nitro benzene ring substituents is 1. The molecule has 0 bridgehead atoms. The summed E-state index contributed by atoms with van der Waals surface area (Å²) >= 11 is 0. The molecule has 2 aliphatic heterocycles. The summed E-state index contributed by atoms with van der Waals surface area (Å²) in [5.74, 6) is -0.438. The molecule has 9 nitrogen and oxygen atoms in total. The molecule has 3 amide bonds. The highest BCUT2D eigenvalue weighted by molar-refractivity contribution is 6.05. The molecule has 1 fully saturated rings. The van der Waals surface area contributed by atoms with E-state index < -0.39 is 23.0 Å². The van der Waals surface area contributed by atoms with Gasteiger partial charge in [0.05, 0.1) is 4.92 Å². The zero-order chi connectivity index (χ0) is 22.6. The van der Waals surface area contributed by atoms with Crippen LogP contribution in [-0.4, -0.2) is 49.3 Å². The van der Waals surface area contributed by atoms with E-state index in [-0.39, 0.29) is 22.9 Å². The Balaban J connectivity index is 1.73. The molecular weight excluding hydrogens is 412 g/mol. The molecule has 164 valence electrons. The lowest BCUT2D eigenvalue weighted by molar-refractivity contribution is -0.385. The minimum atomic E-state index is -0.848. The number of H-pyrrole nitrogens is 1. The summed E-state index contributed by atoms with van der Waals surface area (Å²) in [6.07, 6.45) is 1.87. The number of aromatic nitrogens is 1. The monoisotopic (exact) mass is 434 g/mol. The third-order valence-corrected chi connectivity index (χ3v) is 6.39. The van der Waals surface area contributed by atoms with E-state index in [1.54, 1.807) is 0 Å². The minimum Gasteiger partial charge on any atom is -0.508 e. The lowest BCUT2D eigenvalue weighted by Gasteiger charge is -2.36. The maximum atomic E-state index is 13.4. The second-order valence-electron chi connectivity index (χ2n) is 8.22. The summed E-state index contributed by atoms with van der Waals surface area (Å²) in [5, 5.41) is 23.0. The summed E-state index contributed by atoms with van der Waals surface area (Å²) in [5.41, 5.74) is 2.41. The number of para-hydroxylation sites is 1. The zero-order valence-electron chi connectivity index (χ0n) is 17.4. The molecule has 0 saturated carbocycles. The molecule has 0 radical (unpaired) electrons. The number of nitrogens with one attached hydrogen (secondary N) is 1. The first-order valence-corrected chi connectivity index (χ1v) is 10.6. The summed E-state index contributed by atoms with van der Waals surface area (Å²) < 4.78 is 0. The Labute approximate surface area is 183 Å². The van der Waals surface area contributed by atoms with Gasteiger partial charge in [-0.25, -0.2) is 4.79 Å². The van der Waals surface area contributed by atoms with Gasteiger partial charge in [-0.2, -0.15) is 0 Å². The fraction of sp³-hybridized carbons (Fsp3) is 0.304. The number of amides is 3. The Morgan fingerprint density at radius 3 is 2.75 bits per heavy atom. The Hall–Kier alpha value is -3.88. The number of hydrogen-bond acceptors (Lipinski definition) is 5. The van der Waals surface area contributed by atoms with Crippen molar-refractivity contribution < 1.29 is 19.6 Å². The van der Waals surface area contributed by atoms with Crippen LogP contribution in [-0.2, 0) is 11.2 Å². The number of benzene rings is 2. The van der Waals surface area contributed by atoms with Crippen LogP contribution < -0.4 is 0 Å². The van der Waals surface area contributed by atoms with Gasteiger partial charge in [-0.3, -0.25) is 24.7 Å². The number of imide groups is 1. The quantitative estimate of drug-likeness (QED) is 0.359. The second kappa shape index (κ2) is 7.37. The van der Waals surface area contributed by atoms with Crippen LogP contribution in [0.4, 0.5) is 10.5 Å². The molecule has 9 heteroatoms.